The lowest BCUT2D eigenvalue weighted by atomic mass is 9.99. The Morgan fingerprint density at radius 1 is 0.556 bits per heavy atom. The van der Waals surface area contributed by atoms with E-state index in [1.165, 1.54) is 128 Å². The van der Waals surface area contributed by atoms with Crippen molar-refractivity contribution in [3.63, 3.8) is 0 Å². The van der Waals surface area contributed by atoms with E-state index < -0.39 is 49.4 Å². The first-order valence-electron chi connectivity index (χ1n) is 22.3. The maximum absolute atomic E-state index is 12.7. The van der Waals surface area contributed by atoms with E-state index in [0.717, 1.165) is 38.5 Å². The first-order valence-corrected chi connectivity index (χ1v) is 22.3. The minimum absolute atomic E-state index is 0.213. The Morgan fingerprint density at radius 2 is 0.981 bits per heavy atom. The zero-order valence-electron chi connectivity index (χ0n) is 34.5. The van der Waals surface area contributed by atoms with Crippen LogP contribution in [0.4, 0.5) is 0 Å². The molecule has 0 aromatic heterocycles. The van der Waals surface area contributed by atoms with Crippen molar-refractivity contribution in [3.05, 3.63) is 12.2 Å². The van der Waals surface area contributed by atoms with Gasteiger partial charge < -0.3 is 39.4 Å². The number of esters is 2. The highest BCUT2D eigenvalue weighted by Crippen LogP contribution is 2.23. The van der Waals surface area contributed by atoms with Crippen LogP contribution in [0.2, 0.25) is 0 Å². The molecule has 1 saturated heterocycles. The van der Waals surface area contributed by atoms with Crippen LogP contribution in [0, 0.1) is 0 Å². The Balaban J connectivity index is 2.28. The fourth-order valence-electron chi connectivity index (χ4n) is 6.83. The second-order valence-electron chi connectivity index (χ2n) is 15.5. The molecular weight excluding hydrogens is 688 g/mol. The fourth-order valence-corrected chi connectivity index (χ4v) is 6.83. The molecule has 10 nitrogen and oxygen atoms in total. The molecule has 0 aliphatic carbocycles. The van der Waals surface area contributed by atoms with Gasteiger partial charge in [-0.1, -0.05) is 161 Å². The van der Waals surface area contributed by atoms with Gasteiger partial charge in [-0.15, -0.1) is 0 Å². The number of carbonyl (C=O) groups is 2. The van der Waals surface area contributed by atoms with Crippen molar-refractivity contribution in [2.45, 2.75) is 237 Å². The van der Waals surface area contributed by atoms with Gasteiger partial charge in [-0.3, -0.25) is 9.59 Å². The number of rotatable bonds is 37. The minimum atomic E-state index is -1.59. The Labute approximate surface area is 329 Å². The van der Waals surface area contributed by atoms with Crippen LogP contribution in [0.5, 0.6) is 0 Å². The number of aliphatic hydroxyl groups is 4. The normalized spacial score (nSPS) is 20.7. The van der Waals surface area contributed by atoms with Crippen molar-refractivity contribution < 1.29 is 49.0 Å². The summed E-state index contributed by atoms with van der Waals surface area (Å²) in [5.41, 5.74) is 0. The number of ether oxygens (including phenoxy) is 4. The standard InChI is InChI=1S/C44H82O10/c1-3-5-7-9-11-13-15-16-17-18-19-20-21-22-23-25-26-28-30-32-39(46)51-35-37(36-52-44-43(50)42(49)41(48)38(34-45)54-44)53-40(47)33-31-29-27-24-14-12-10-8-6-4-2/h16-17,37-38,41-45,48-50H,3-15,18-36H2,1-2H3/b17-16+/t37-,38-,41+,42?,43?,44-/m0/s1. The number of hydrogen-bond acceptors (Lipinski definition) is 10. The Hall–Kier alpha value is -1.56. The van der Waals surface area contributed by atoms with E-state index in [0.29, 0.717) is 6.42 Å². The molecule has 6 atom stereocenters. The van der Waals surface area contributed by atoms with Gasteiger partial charge in [-0.25, -0.2) is 0 Å². The molecule has 1 heterocycles. The van der Waals surface area contributed by atoms with Crippen molar-refractivity contribution in [2.75, 3.05) is 19.8 Å². The van der Waals surface area contributed by atoms with Gasteiger partial charge in [0, 0.05) is 12.8 Å². The molecule has 1 aliphatic rings. The number of aliphatic hydroxyl groups excluding tert-OH is 4. The van der Waals surface area contributed by atoms with Gasteiger partial charge in [0.15, 0.2) is 12.4 Å². The topological polar surface area (TPSA) is 152 Å². The smallest absolute Gasteiger partial charge is 0.306 e. The van der Waals surface area contributed by atoms with Crippen LogP contribution < -0.4 is 0 Å². The van der Waals surface area contributed by atoms with E-state index in [1.807, 2.05) is 0 Å². The van der Waals surface area contributed by atoms with Crippen LogP contribution in [0.3, 0.4) is 0 Å². The predicted molar refractivity (Wildman–Crippen MR) is 215 cm³/mol. The third kappa shape index (κ3) is 27.1. The third-order valence-electron chi connectivity index (χ3n) is 10.4. The van der Waals surface area contributed by atoms with Gasteiger partial charge in [-0.05, 0) is 38.5 Å². The summed E-state index contributed by atoms with van der Waals surface area (Å²) in [6.07, 6.45) is 29.4. The van der Waals surface area contributed by atoms with Crippen molar-refractivity contribution in [2.24, 2.45) is 0 Å². The second kappa shape index (κ2) is 35.8. The minimum Gasteiger partial charge on any atom is -0.462 e. The monoisotopic (exact) mass is 771 g/mol. The van der Waals surface area contributed by atoms with Gasteiger partial charge in [0.25, 0.3) is 0 Å². The first-order chi connectivity index (χ1) is 26.3. The summed E-state index contributed by atoms with van der Waals surface area (Å²) in [5, 5.41) is 40.0. The van der Waals surface area contributed by atoms with Gasteiger partial charge in [0.1, 0.15) is 31.0 Å². The highest BCUT2D eigenvalue weighted by molar-refractivity contribution is 5.70. The lowest BCUT2D eigenvalue weighted by molar-refractivity contribution is -0.305. The van der Waals surface area contributed by atoms with Crippen molar-refractivity contribution in [1.82, 2.24) is 0 Å². The van der Waals surface area contributed by atoms with Gasteiger partial charge in [0.05, 0.1) is 13.2 Å². The van der Waals surface area contributed by atoms with E-state index in [2.05, 4.69) is 26.0 Å². The van der Waals surface area contributed by atoms with Crippen molar-refractivity contribution in [3.8, 4) is 0 Å². The molecular formula is C44H82O10. The fraction of sp³-hybridized carbons (Fsp3) is 0.909. The van der Waals surface area contributed by atoms with Crippen molar-refractivity contribution >= 4 is 11.9 Å². The number of hydrogen-bond donors (Lipinski definition) is 4. The van der Waals surface area contributed by atoms with Crippen molar-refractivity contribution in [1.29, 1.82) is 0 Å². The second-order valence-corrected chi connectivity index (χ2v) is 15.5. The average molecular weight is 771 g/mol. The number of carbonyl (C=O) groups excluding carboxylic acids is 2. The summed E-state index contributed by atoms with van der Waals surface area (Å²) in [7, 11) is 0. The molecule has 1 aliphatic heterocycles. The van der Waals surface area contributed by atoms with E-state index in [9.17, 15) is 30.0 Å². The van der Waals surface area contributed by atoms with Crippen LogP contribution in [-0.4, -0.2) is 89.0 Å². The summed E-state index contributed by atoms with van der Waals surface area (Å²) >= 11 is 0. The highest BCUT2D eigenvalue weighted by Gasteiger charge is 2.44. The van der Waals surface area contributed by atoms with E-state index in [4.69, 9.17) is 18.9 Å². The molecule has 0 spiro atoms. The molecule has 0 radical (unpaired) electrons. The van der Waals surface area contributed by atoms with E-state index >= 15 is 0 Å². The highest BCUT2D eigenvalue weighted by atomic mass is 16.7. The zero-order chi connectivity index (χ0) is 39.5. The van der Waals surface area contributed by atoms with Crippen LogP contribution >= 0.6 is 0 Å². The molecule has 0 amide bonds. The molecule has 10 heteroatoms. The van der Waals surface area contributed by atoms with Gasteiger partial charge >= 0.3 is 11.9 Å². The summed E-state index contributed by atoms with van der Waals surface area (Å²) in [5.74, 6) is -0.803. The Bertz CT molecular complexity index is 897. The van der Waals surface area contributed by atoms with E-state index in [-0.39, 0.29) is 32.0 Å². The average Bonchev–Trinajstić information content (AvgIpc) is 3.17. The summed E-state index contributed by atoms with van der Waals surface area (Å²) < 4.78 is 22.1. The van der Waals surface area contributed by atoms with E-state index in [1.54, 1.807) is 0 Å². The molecule has 1 fully saturated rings. The van der Waals surface area contributed by atoms with Crippen LogP contribution in [0.15, 0.2) is 12.2 Å². The maximum atomic E-state index is 12.7. The lowest BCUT2D eigenvalue weighted by Crippen LogP contribution is -2.59. The van der Waals surface area contributed by atoms with Crippen LogP contribution in [-0.2, 0) is 28.5 Å². The summed E-state index contributed by atoms with van der Waals surface area (Å²) in [4.78, 5) is 25.2. The number of unbranched alkanes of at least 4 members (excludes halogenated alkanes) is 24. The molecule has 0 bridgehead atoms. The molecule has 1 rings (SSSR count). The number of allylic oxidation sites excluding steroid dienone is 2. The van der Waals surface area contributed by atoms with Gasteiger partial charge in [0.2, 0.25) is 0 Å². The zero-order valence-corrected chi connectivity index (χ0v) is 34.5. The molecule has 54 heavy (non-hydrogen) atoms. The SMILES string of the molecule is CCCCCCCC/C=C/CCCCCCCCCCCC(=O)OC[C@@H](CO[C@H]1O[C@@H](CO)[C@@H](O)C(O)C1O)OC(=O)CCCCCCCCCCCC. The molecule has 0 aromatic rings. The summed E-state index contributed by atoms with van der Waals surface area (Å²) in [6, 6.07) is 0. The quantitative estimate of drug-likeness (QED) is 0.0273. The molecule has 2 unspecified atom stereocenters. The molecule has 318 valence electrons. The predicted octanol–water partition coefficient (Wildman–Crippen LogP) is 9.17. The largest absolute Gasteiger partial charge is 0.462 e. The molecule has 0 aromatic carbocycles. The molecule has 4 N–H and O–H groups in total. The van der Waals surface area contributed by atoms with Gasteiger partial charge in [-0.2, -0.15) is 0 Å². The van der Waals surface area contributed by atoms with Crippen LogP contribution in [0.25, 0.3) is 0 Å². The Kier molecular flexibility index (Phi) is 33.5. The maximum Gasteiger partial charge on any atom is 0.306 e. The molecule has 0 saturated carbocycles. The summed E-state index contributed by atoms with van der Waals surface area (Å²) in [6.45, 7) is 3.41. The first kappa shape index (κ1) is 50.5. The Morgan fingerprint density at radius 3 is 1.44 bits per heavy atom. The lowest BCUT2D eigenvalue weighted by Gasteiger charge is -2.39. The van der Waals surface area contributed by atoms with Crippen LogP contribution in [0.1, 0.15) is 200 Å². The third-order valence-corrected chi connectivity index (χ3v) is 10.4.